The average Bonchev–Trinajstić information content (AvgIpc) is 2.53. The van der Waals surface area contributed by atoms with Crippen LogP contribution in [0.15, 0.2) is 24.3 Å². The van der Waals surface area contributed by atoms with E-state index in [0.29, 0.717) is 19.5 Å². The highest BCUT2D eigenvalue weighted by Gasteiger charge is 2.17. The third kappa shape index (κ3) is 7.21. The second kappa shape index (κ2) is 10.4. The third-order valence-electron chi connectivity index (χ3n) is 3.23. The van der Waals surface area contributed by atoms with Crippen LogP contribution in [0, 0.1) is 5.82 Å². The maximum absolute atomic E-state index is 13.3. The van der Waals surface area contributed by atoms with Crippen molar-refractivity contribution in [2.75, 3.05) is 26.2 Å². The van der Waals surface area contributed by atoms with E-state index >= 15 is 0 Å². The monoisotopic (exact) mass is 338 g/mol. The summed E-state index contributed by atoms with van der Waals surface area (Å²) in [5, 5.41) is 2.65. The van der Waals surface area contributed by atoms with Crippen molar-refractivity contribution in [3.8, 4) is 0 Å². The highest BCUT2D eigenvalue weighted by Crippen LogP contribution is 2.09. The average molecular weight is 338 g/mol. The van der Waals surface area contributed by atoms with Gasteiger partial charge in [-0.3, -0.25) is 14.4 Å². The molecule has 0 aliphatic heterocycles. The molecular weight excluding hydrogens is 315 g/mol. The summed E-state index contributed by atoms with van der Waals surface area (Å²) in [6.07, 6.45) is 0.596. The summed E-state index contributed by atoms with van der Waals surface area (Å²) in [6, 6.07) is 5.41. The van der Waals surface area contributed by atoms with Crippen molar-refractivity contribution in [1.82, 2.24) is 10.2 Å². The van der Waals surface area contributed by atoms with Gasteiger partial charge in [0.25, 0.3) is 5.91 Å². The molecule has 7 heteroatoms. The lowest BCUT2D eigenvalue weighted by Gasteiger charge is -2.22. The van der Waals surface area contributed by atoms with Crippen LogP contribution in [-0.4, -0.2) is 48.9 Å². The summed E-state index contributed by atoms with van der Waals surface area (Å²) < 4.78 is 18.2. The number of hydrogen-bond donors (Lipinski definition) is 1. The Morgan fingerprint density at radius 2 is 2.00 bits per heavy atom. The van der Waals surface area contributed by atoms with Crippen LogP contribution in [0.25, 0.3) is 0 Å². The first-order chi connectivity index (χ1) is 11.4. The van der Waals surface area contributed by atoms with Crippen molar-refractivity contribution < 1.29 is 23.5 Å². The van der Waals surface area contributed by atoms with Gasteiger partial charge in [-0.25, -0.2) is 4.39 Å². The minimum Gasteiger partial charge on any atom is -0.466 e. The molecule has 0 bridgehead atoms. The van der Waals surface area contributed by atoms with E-state index in [9.17, 15) is 18.8 Å². The Hall–Kier alpha value is -2.44. The van der Waals surface area contributed by atoms with Gasteiger partial charge in [-0.1, -0.05) is 6.07 Å². The molecule has 2 amide bonds. The van der Waals surface area contributed by atoms with Gasteiger partial charge in [-0.15, -0.1) is 0 Å². The van der Waals surface area contributed by atoms with E-state index in [2.05, 4.69) is 5.32 Å². The summed E-state index contributed by atoms with van der Waals surface area (Å²) in [5.74, 6) is -1.40. The maximum Gasteiger partial charge on any atom is 0.307 e. The Balaban J connectivity index is 2.69. The predicted molar refractivity (Wildman–Crippen MR) is 86.9 cm³/mol. The summed E-state index contributed by atoms with van der Waals surface area (Å²) in [7, 11) is 0. The van der Waals surface area contributed by atoms with Gasteiger partial charge in [0.05, 0.1) is 13.0 Å². The second-order valence-corrected chi connectivity index (χ2v) is 5.19. The van der Waals surface area contributed by atoms with Crippen LogP contribution >= 0.6 is 0 Å². The molecule has 0 aromatic heterocycles. The van der Waals surface area contributed by atoms with Gasteiger partial charge < -0.3 is 15.0 Å². The summed E-state index contributed by atoms with van der Waals surface area (Å²) in [5.41, 5.74) is 0.221. The minimum absolute atomic E-state index is 0.0645. The number of amides is 2. The van der Waals surface area contributed by atoms with Crippen LogP contribution in [0.5, 0.6) is 0 Å². The molecule has 6 nitrogen and oxygen atoms in total. The van der Waals surface area contributed by atoms with Crippen LogP contribution < -0.4 is 5.32 Å². The molecule has 0 aliphatic carbocycles. The molecule has 0 saturated heterocycles. The number of benzene rings is 1. The zero-order valence-electron chi connectivity index (χ0n) is 14.0. The standard InChI is InChI=1S/C17H23FN2O4/c1-3-24-16(22)8-11-20(10-5-9-19-13(2)21)17(23)14-6-4-7-15(18)12-14/h4,6-7,12H,3,5,8-11H2,1-2H3,(H,19,21). The van der Waals surface area contributed by atoms with Crippen LogP contribution in [0.1, 0.15) is 37.0 Å². The van der Waals surface area contributed by atoms with Gasteiger partial charge in [0.15, 0.2) is 0 Å². The van der Waals surface area contributed by atoms with Crippen molar-refractivity contribution in [2.24, 2.45) is 0 Å². The summed E-state index contributed by atoms with van der Waals surface area (Å²) in [6.45, 7) is 4.33. The van der Waals surface area contributed by atoms with Crippen LogP contribution in [0.4, 0.5) is 4.39 Å². The molecular formula is C17H23FN2O4. The molecule has 1 N–H and O–H groups in total. The van der Waals surface area contributed by atoms with Crippen LogP contribution in [0.3, 0.4) is 0 Å². The molecule has 132 valence electrons. The predicted octanol–water partition coefficient (Wildman–Crippen LogP) is 1.75. The molecule has 0 heterocycles. The number of hydrogen-bond acceptors (Lipinski definition) is 4. The lowest BCUT2D eigenvalue weighted by Crippen LogP contribution is -2.36. The van der Waals surface area contributed by atoms with Crippen LogP contribution in [0.2, 0.25) is 0 Å². The lowest BCUT2D eigenvalue weighted by atomic mass is 10.2. The first-order valence-corrected chi connectivity index (χ1v) is 7.89. The molecule has 0 aliphatic rings. The molecule has 0 radical (unpaired) electrons. The SMILES string of the molecule is CCOC(=O)CCN(CCCNC(C)=O)C(=O)c1cccc(F)c1. The zero-order valence-corrected chi connectivity index (χ0v) is 14.0. The fourth-order valence-electron chi connectivity index (χ4n) is 2.11. The van der Waals surface area contributed by atoms with Gasteiger partial charge >= 0.3 is 5.97 Å². The highest BCUT2D eigenvalue weighted by molar-refractivity contribution is 5.94. The van der Waals surface area contributed by atoms with Crippen molar-refractivity contribution in [3.63, 3.8) is 0 Å². The van der Waals surface area contributed by atoms with E-state index in [0.717, 1.165) is 6.07 Å². The number of rotatable bonds is 9. The van der Waals surface area contributed by atoms with Crippen molar-refractivity contribution >= 4 is 17.8 Å². The summed E-state index contributed by atoms with van der Waals surface area (Å²) >= 11 is 0. The first kappa shape index (κ1) is 19.6. The molecule has 0 unspecified atom stereocenters. The van der Waals surface area contributed by atoms with E-state index in [1.807, 2.05) is 0 Å². The maximum atomic E-state index is 13.3. The number of esters is 1. The minimum atomic E-state index is -0.496. The molecule has 1 aromatic rings. The Morgan fingerprint density at radius 1 is 1.25 bits per heavy atom. The highest BCUT2D eigenvalue weighted by atomic mass is 19.1. The van der Waals surface area contributed by atoms with Gasteiger partial charge in [0.2, 0.25) is 5.91 Å². The first-order valence-electron chi connectivity index (χ1n) is 7.89. The number of halogens is 1. The number of carbonyl (C=O) groups excluding carboxylic acids is 3. The van der Waals surface area contributed by atoms with E-state index < -0.39 is 11.8 Å². The Bertz CT molecular complexity index is 577. The van der Waals surface area contributed by atoms with E-state index in [1.54, 1.807) is 6.92 Å². The molecule has 1 rings (SSSR count). The fraction of sp³-hybridized carbons (Fsp3) is 0.471. The van der Waals surface area contributed by atoms with E-state index in [4.69, 9.17) is 4.74 Å². The van der Waals surface area contributed by atoms with Crippen LogP contribution in [-0.2, 0) is 14.3 Å². The van der Waals surface area contributed by atoms with Gasteiger partial charge in [-0.05, 0) is 31.5 Å². The number of nitrogens with zero attached hydrogens (tertiary/aromatic N) is 1. The molecule has 0 saturated carbocycles. The number of ether oxygens (including phenoxy) is 1. The molecule has 24 heavy (non-hydrogen) atoms. The quantitative estimate of drug-likeness (QED) is 0.550. The lowest BCUT2D eigenvalue weighted by molar-refractivity contribution is -0.143. The zero-order chi connectivity index (χ0) is 17.9. The largest absolute Gasteiger partial charge is 0.466 e. The molecule has 1 aromatic carbocycles. The van der Waals surface area contributed by atoms with E-state index in [1.165, 1.54) is 30.0 Å². The van der Waals surface area contributed by atoms with Gasteiger partial charge in [0, 0.05) is 32.1 Å². The molecule has 0 spiro atoms. The normalized spacial score (nSPS) is 10.1. The Morgan fingerprint density at radius 3 is 2.62 bits per heavy atom. The smallest absolute Gasteiger partial charge is 0.307 e. The Labute approximate surface area is 141 Å². The topological polar surface area (TPSA) is 75.7 Å². The summed E-state index contributed by atoms with van der Waals surface area (Å²) in [4.78, 5) is 36.4. The molecule has 0 atom stereocenters. The van der Waals surface area contributed by atoms with Crippen molar-refractivity contribution in [1.29, 1.82) is 0 Å². The van der Waals surface area contributed by atoms with Crippen molar-refractivity contribution in [3.05, 3.63) is 35.6 Å². The fourth-order valence-corrected chi connectivity index (χ4v) is 2.11. The number of nitrogens with one attached hydrogen (secondary N) is 1. The Kier molecular flexibility index (Phi) is 8.46. The van der Waals surface area contributed by atoms with Gasteiger partial charge in [-0.2, -0.15) is 0 Å². The molecule has 0 fully saturated rings. The third-order valence-corrected chi connectivity index (χ3v) is 3.23. The van der Waals surface area contributed by atoms with Gasteiger partial charge in [0.1, 0.15) is 5.82 Å². The van der Waals surface area contributed by atoms with Crippen molar-refractivity contribution in [2.45, 2.75) is 26.7 Å². The van der Waals surface area contributed by atoms with E-state index in [-0.39, 0.29) is 37.0 Å². The second-order valence-electron chi connectivity index (χ2n) is 5.19. The number of carbonyl (C=O) groups is 3.